The molecule has 3 heterocycles. The number of hydrogen-bond donors (Lipinski definition) is 1. The van der Waals surface area contributed by atoms with E-state index in [0.717, 1.165) is 5.69 Å². The monoisotopic (exact) mass is 498 g/mol. The lowest BCUT2D eigenvalue weighted by molar-refractivity contribution is -0.119. The molecule has 0 unspecified atom stereocenters. The molecule has 0 saturated heterocycles. The van der Waals surface area contributed by atoms with Crippen LogP contribution in [-0.2, 0) is 4.79 Å². The van der Waals surface area contributed by atoms with Crippen molar-refractivity contribution in [2.45, 2.75) is 19.9 Å². The van der Waals surface area contributed by atoms with Crippen LogP contribution in [0.1, 0.15) is 18.7 Å². The molecule has 5 rings (SSSR count). The third-order valence-corrected chi connectivity index (χ3v) is 6.14. The highest BCUT2D eigenvalue weighted by Crippen LogP contribution is 2.30. The van der Waals surface area contributed by atoms with E-state index >= 15 is 0 Å². The number of hydrogen-bond acceptors (Lipinski definition) is 6. The zero-order chi connectivity index (χ0) is 26.1. The Labute approximate surface area is 212 Å². The van der Waals surface area contributed by atoms with Gasteiger partial charge in [-0.3, -0.25) is 9.59 Å². The number of nitrogens with one attached hydrogen (secondary N) is 1. The number of para-hydroxylation sites is 1. The zero-order valence-corrected chi connectivity index (χ0v) is 20.9. The first kappa shape index (κ1) is 23.9. The Hall–Kier alpha value is -4.86. The smallest absolute Gasteiger partial charge is 0.280 e. The second-order valence-corrected chi connectivity index (χ2v) is 8.45. The molecule has 37 heavy (non-hydrogen) atoms. The Morgan fingerprint density at radius 2 is 1.70 bits per heavy atom. The quantitative estimate of drug-likeness (QED) is 0.365. The summed E-state index contributed by atoms with van der Waals surface area (Å²) in [7, 11) is 3.05. The van der Waals surface area contributed by atoms with Crippen molar-refractivity contribution in [1.29, 1.82) is 0 Å². The average Bonchev–Trinajstić information content (AvgIpc) is 3.59. The number of rotatable bonds is 7. The van der Waals surface area contributed by atoms with Crippen LogP contribution in [0.2, 0.25) is 0 Å². The van der Waals surface area contributed by atoms with E-state index < -0.39 is 17.5 Å². The van der Waals surface area contributed by atoms with E-state index in [9.17, 15) is 9.59 Å². The number of benzene rings is 2. The Kier molecular flexibility index (Phi) is 6.22. The highest BCUT2D eigenvalue weighted by Gasteiger charge is 2.26. The number of carbonyl (C=O) groups is 1. The van der Waals surface area contributed by atoms with Crippen LogP contribution in [0.15, 0.2) is 77.9 Å². The molecule has 188 valence electrons. The molecule has 0 aliphatic rings. The Morgan fingerprint density at radius 1 is 0.973 bits per heavy atom. The lowest BCUT2D eigenvalue weighted by Crippen LogP contribution is -2.34. The van der Waals surface area contributed by atoms with Crippen molar-refractivity contribution in [3.05, 3.63) is 89.1 Å². The first-order valence-electron chi connectivity index (χ1n) is 11.7. The van der Waals surface area contributed by atoms with Crippen molar-refractivity contribution in [3.63, 3.8) is 0 Å². The third-order valence-electron chi connectivity index (χ3n) is 6.14. The van der Waals surface area contributed by atoms with E-state index in [1.54, 1.807) is 36.7 Å². The number of methoxy groups -OCH3 is 2. The van der Waals surface area contributed by atoms with Gasteiger partial charge >= 0.3 is 0 Å². The average molecular weight is 499 g/mol. The second kappa shape index (κ2) is 9.65. The van der Waals surface area contributed by atoms with E-state index in [1.165, 1.54) is 18.9 Å². The number of aromatic nitrogens is 5. The molecule has 2 aromatic carbocycles. The minimum atomic E-state index is -0.927. The molecule has 3 aromatic heterocycles. The Morgan fingerprint density at radius 3 is 2.38 bits per heavy atom. The number of nitrogens with zero attached hydrogens (tertiary/aromatic N) is 5. The molecule has 0 bridgehead atoms. The molecule has 0 aliphatic heterocycles. The summed E-state index contributed by atoms with van der Waals surface area (Å²) < 4.78 is 15.4. The maximum Gasteiger partial charge on any atom is 0.280 e. The fraction of sp³-hybridized carbons (Fsp3) is 0.185. The minimum Gasteiger partial charge on any atom is -0.497 e. The molecular weight excluding hydrogens is 472 g/mol. The van der Waals surface area contributed by atoms with Gasteiger partial charge in [0.25, 0.3) is 5.56 Å². The van der Waals surface area contributed by atoms with Gasteiger partial charge in [-0.2, -0.15) is 10.2 Å². The summed E-state index contributed by atoms with van der Waals surface area (Å²) in [6, 6.07) is 17.5. The predicted octanol–water partition coefficient (Wildman–Crippen LogP) is 3.90. The van der Waals surface area contributed by atoms with Crippen molar-refractivity contribution < 1.29 is 14.3 Å². The molecular formula is C27H26N6O4. The van der Waals surface area contributed by atoms with E-state index in [4.69, 9.17) is 14.6 Å². The van der Waals surface area contributed by atoms with E-state index in [-0.39, 0.29) is 0 Å². The van der Waals surface area contributed by atoms with Crippen molar-refractivity contribution in [2.24, 2.45) is 0 Å². The van der Waals surface area contributed by atoms with Gasteiger partial charge in [0.05, 0.1) is 31.3 Å². The van der Waals surface area contributed by atoms with Crippen LogP contribution in [0.5, 0.6) is 11.5 Å². The number of ether oxygens (including phenoxy) is 2. The number of fused-ring (bicyclic) bond motifs is 1. The molecule has 0 fully saturated rings. The molecule has 0 spiro atoms. The number of anilines is 1. The fourth-order valence-electron chi connectivity index (χ4n) is 4.21. The standard InChI is InChI=1S/C27H26N6O4/c1-17-24-23(26(31-14-8-9-15-31)33(30-24)19-10-6-5-7-11-19)27(35)32(29-17)18(2)25(34)28-21-16-20(36-3)12-13-22(21)37-4/h5-16,18H,1-4H3,(H,28,34)/t18-/m0/s1. The molecule has 1 N–H and O–H groups in total. The lowest BCUT2D eigenvalue weighted by atomic mass is 10.2. The fourth-order valence-corrected chi connectivity index (χ4v) is 4.21. The normalized spacial score (nSPS) is 11.9. The van der Waals surface area contributed by atoms with E-state index in [2.05, 4.69) is 10.4 Å². The van der Waals surface area contributed by atoms with Gasteiger partial charge in [0.2, 0.25) is 5.91 Å². The van der Waals surface area contributed by atoms with Crippen LogP contribution < -0.4 is 20.3 Å². The first-order valence-corrected chi connectivity index (χ1v) is 11.7. The summed E-state index contributed by atoms with van der Waals surface area (Å²) in [5.74, 6) is 1.16. The van der Waals surface area contributed by atoms with Crippen LogP contribution in [0.4, 0.5) is 5.69 Å². The highest BCUT2D eigenvalue weighted by molar-refractivity contribution is 5.95. The molecule has 0 saturated carbocycles. The van der Waals surface area contributed by atoms with Crippen LogP contribution in [0, 0.1) is 6.92 Å². The SMILES string of the molecule is COc1ccc(OC)c(NC(=O)[C@H](C)n2nc(C)c3nn(-c4ccccc4)c(-n4cccc4)c3c2=O)c1. The molecule has 0 aliphatic carbocycles. The summed E-state index contributed by atoms with van der Waals surface area (Å²) in [5, 5.41) is 12.4. The molecule has 0 radical (unpaired) electrons. The van der Waals surface area contributed by atoms with E-state index in [1.807, 2.05) is 59.4 Å². The van der Waals surface area contributed by atoms with Crippen LogP contribution in [0.3, 0.4) is 0 Å². The summed E-state index contributed by atoms with van der Waals surface area (Å²) in [5.41, 5.74) is 1.79. The number of aryl methyl sites for hydroxylation is 1. The number of amides is 1. The Bertz CT molecular complexity index is 1640. The zero-order valence-electron chi connectivity index (χ0n) is 20.9. The van der Waals surface area contributed by atoms with Crippen LogP contribution in [0.25, 0.3) is 22.4 Å². The molecule has 10 heteroatoms. The highest BCUT2D eigenvalue weighted by atomic mass is 16.5. The van der Waals surface area contributed by atoms with Crippen molar-refractivity contribution in [1.82, 2.24) is 24.1 Å². The van der Waals surface area contributed by atoms with Gasteiger partial charge in [-0.25, -0.2) is 9.36 Å². The van der Waals surface area contributed by atoms with Gasteiger partial charge in [-0.1, -0.05) is 18.2 Å². The topological polar surface area (TPSA) is 105 Å². The van der Waals surface area contributed by atoms with Gasteiger partial charge in [0.15, 0.2) is 5.82 Å². The van der Waals surface area contributed by atoms with Gasteiger partial charge in [0.1, 0.15) is 28.4 Å². The van der Waals surface area contributed by atoms with Crippen molar-refractivity contribution >= 4 is 22.5 Å². The molecule has 1 atom stereocenters. The maximum absolute atomic E-state index is 13.9. The maximum atomic E-state index is 13.9. The molecule has 5 aromatic rings. The van der Waals surface area contributed by atoms with Crippen LogP contribution in [-0.4, -0.2) is 44.3 Å². The van der Waals surface area contributed by atoms with Gasteiger partial charge in [0, 0.05) is 18.5 Å². The van der Waals surface area contributed by atoms with Crippen molar-refractivity contribution in [3.8, 4) is 23.0 Å². The number of carbonyl (C=O) groups excluding carboxylic acids is 1. The summed E-state index contributed by atoms with van der Waals surface area (Å²) in [6.07, 6.45) is 3.70. The predicted molar refractivity (Wildman–Crippen MR) is 140 cm³/mol. The van der Waals surface area contributed by atoms with Gasteiger partial charge < -0.3 is 19.4 Å². The summed E-state index contributed by atoms with van der Waals surface area (Å²) in [4.78, 5) is 27.2. The Balaban J connectivity index is 1.63. The largest absolute Gasteiger partial charge is 0.497 e. The van der Waals surface area contributed by atoms with Gasteiger partial charge in [-0.05, 0) is 50.2 Å². The summed E-state index contributed by atoms with van der Waals surface area (Å²) in [6.45, 7) is 3.40. The van der Waals surface area contributed by atoms with E-state index in [0.29, 0.717) is 39.6 Å². The first-order chi connectivity index (χ1) is 17.9. The second-order valence-electron chi connectivity index (χ2n) is 8.45. The molecule has 10 nitrogen and oxygen atoms in total. The summed E-state index contributed by atoms with van der Waals surface area (Å²) >= 11 is 0. The van der Waals surface area contributed by atoms with Gasteiger partial charge in [-0.15, -0.1) is 0 Å². The lowest BCUT2D eigenvalue weighted by Gasteiger charge is -2.17. The molecule has 1 amide bonds. The minimum absolute atomic E-state index is 0.367. The van der Waals surface area contributed by atoms with Crippen molar-refractivity contribution in [2.75, 3.05) is 19.5 Å². The van der Waals surface area contributed by atoms with Crippen LogP contribution >= 0.6 is 0 Å². The third kappa shape index (κ3) is 4.22.